The molecule has 0 heterocycles. The fraction of sp³-hybridized carbons (Fsp3) is 0.429. The van der Waals surface area contributed by atoms with E-state index in [4.69, 9.17) is 4.74 Å². The molecule has 2 atom stereocenters. The second kappa shape index (κ2) is 9.32. The van der Waals surface area contributed by atoms with Crippen molar-refractivity contribution in [3.63, 3.8) is 0 Å². The Balaban J connectivity index is 1.41. The summed E-state index contributed by atoms with van der Waals surface area (Å²) in [4.78, 5) is 0. The Hall–Kier alpha value is -2.24. The lowest BCUT2D eigenvalue weighted by atomic mass is 9.92. The van der Waals surface area contributed by atoms with Gasteiger partial charge in [-0.1, -0.05) is 66.7 Å². The lowest BCUT2D eigenvalue weighted by Gasteiger charge is -2.37. The zero-order valence-electron chi connectivity index (χ0n) is 19.3. The molecule has 1 aliphatic carbocycles. The van der Waals surface area contributed by atoms with Gasteiger partial charge in [0.2, 0.25) is 0 Å². The highest BCUT2D eigenvalue weighted by atomic mass is 16.5. The van der Waals surface area contributed by atoms with Crippen LogP contribution >= 0.6 is 0 Å². The first-order chi connectivity index (χ1) is 15.3. The maximum absolute atomic E-state index is 11.1. The van der Waals surface area contributed by atoms with Gasteiger partial charge in [-0.3, -0.25) is 5.32 Å². The summed E-state index contributed by atoms with van der Waals surface area (Å²) in [5.74, 6) is 0.448. The minimum Gasteiger partial charge on any atom is -0.392 e. The Bertz CT molecular complexity index is 1060. The van der Waals surface area contributed by atoms with Gasteiger partial charge in [-0.15, -0.1) is 0 Å². The molecule has 1 fully saturated rings. The van der Waals surface area contributed by atoms with Gasteiger partial charge >= 0.3 is 0 Å². The van der Waals surface area contributed by atoms with Crippen LogP contribution in [0.3, 0.4) is 0 Å². The summed E-state index contributed by atoms with van der Waals surface area (Å²) in [6, 6.07) is 22.8. The van der Waals surface area contributed by atoms with Crippen LogP contribution < -0.4 is 5.32 Å². The second-order valence-electron chi connectivity index (χ2n) is 10.1. The topological polar surface area (TPSA) is 61.7 Å². The molecule has 0 spiro atoms. The van der Waals surface area contributed by atoms with E-state index in [0.29, 0.717) is 5.92 Å². The van der Waals surface area contributed by atoms with Crippen LogP contribution in [0.2, 0.25) is 0 Å². The van der Waals surface area contributed by atoms with Crippen LogP contribution in [-0.2, 0) is 17.8 Å². The third-order valence-corrected chi connectivity index (χ3v) is 6.19. The van der Waals surface area contributed by atoms with Crippen molar-refractivity contribution in [2.24, 2.45) is 5.92 Å². The third-order valence-electron chi connectivity index (χ3n) is 6.19. The molecule has 0 aliphatic heterocycles. The molecular formula is C28H35NO3. The Morgan fingerprint density at radius 1 is 0.969 bits per heavy atom. The van der Waals surface area contributed by atoms with Crippen molar-refractivity contribution >= 4 is 10.8 Å². The number of aliphatic hydroxyl groups is 2. The molecule has 0 aromatic heterocycles. The van der Waals surface area contributed by atoms with E-state index in [9.17, 15) is 10.2 Å². The molecule has 1 saturated carbocycles. The van der Waals surface area contributed by atoms with Gasteiger partial charge < -0.3 is 14.9 Å². The molecule has 4 nitrogen and oxygen atoms in total. The number of hydrogen-bond acceptors (Lipinski definition) is 4. The minimum absolute atomic E-state index is 0.00378. The maximum atomic E-state index is 11.1. The van der Waals surface area contributed by atoms with Gasteiger partial charge in [0.1, 0.15) is 5.72 Å². The van der Waals surface area contributed by atoms with Crippen LogP contribution in [0.1, 0.15) is 56.4 Å². The number of aliphatic hydroxyl groups excluding tert-OH is 1. The number of rotatable bonds is 10. The molecule has 1 aliphatic rings. The van der Waals surface area contributed by atoms with Crippen molar-refractivity contribution in [1.29, 1.82) is 0 Å². The molecule has 4 heteroatoms. The molecule has 0 radical (unpaired) electrons. The summed E-state index contributed by atoms with van der Waals surface area (Å²) in [5, 5.41) is 26.7. The summed E-state index contributed by atoms with van der Waals surface area (Å²) < 4.78 is 6.29. The van der Waals surface area contributed by atoms with Gasteiger partial charge in [-0.05, 0) is 73.4 Å². The van der Waals surface area contributed by atoms with Crippen molar-refractivity contribution in [3.05, 3.63) is 83.4 Å². The average Bonchev–Trinajstić information content (AvgIpc) is 3.58. The molecule has 3 aromatic carbocycles. The number of fused-ring (bicyclic) bond motifs is 1. The van der Waals surface area contributed by atoms with E-state index in [-0.39, 0.29) is 24.9 Å². The van der Waals surface area contributed by atoms with Gasteiger partial charge in [0.05, 0.1) is 19.3 Å². The Morgan fingerprint density at radius 3 is 2.38 bits per heavy atom. The molecule has 3 N–H and O–H groups in total. The summed E-state index contributed by atoms with van der Waals surface area (Å²) in [5.41, 5.74) is 1.65. The predicted octanol–water partition coefficient (Wildman–Crippen LogP) is 5.12. The van der Waals surface area contributed by atoms with E-state index in [1.807, 2.05) is 24.3 Å². The summed E-state index contributed by atoms with van der Waals surface area (Å²) in [6.45, 7) is 6.16. The van der Waals surface area contributed by atoms with Crippen molar-refractivity contribution in [3.8, 4) is 0 Å². The lowest BCUT2D eigenvalue weighted by Crippen LogP contribution is -2.57. The Labute approximate surface area is 191 Å². The molecular weight excluding hydrogens is 398 g/mol. The maximum Gasteiger partial charge on any atom is 0.137 e. The van der Waals surface area contributed by atoms with Crippen LogP contribution in [0, 0.1) is 5.92 Å². The third kappa shape index (κ3) is 5.76. The fourth-order valence-electron chi connectivity index (χ4n) is 4.75. The number of ether oxygens (including phenoxy) is 1. The standard InChI is InChI=1S/C28H35NO3/c1-27(2,17-20-12-13-21-8-4-5-9-23(21)16-20)29-28(3,31)19-32-26(22-14-15-22)25-11-7-6-10-24(25)18-30/h4-13,16,22,26,29-31H,14-15,17-19H2,1-3H3/t26-,28+/m0/s1. The van der Waals surface area contributed by atoms with Crippen LogP contribution in [0.4, 0.5) is 0 Å². The van der Waals surface area contributed by atoms with Crippen LogP contribution in [0.25, 0.3) is 10.8 Å². The molecule has 0 unspecified atom stereocenters. The summed E-state index contributed by atoms with van der Waals surface area (Å²) >= 11 is 0. The number of benzene rings is 3. The highest BCUT2D eigenvalue weighted by Gasteiger charge is 2.37. The normalized spacial score (nSPS) is 17.3. The number of nitrogens with one attached hydrogen (secondary N) is 1. The van der Waals surface area contributed by atoms with Crippen LogP contribution in [0.5, 0.6) is 0 Å². The first kappa shape index (κ1) is 22.9. The molecule has 0 saturated heterocycles. The van der Waals surface area contributed by atoms with Gasteiger partial charge in [0.15, 0.2) is 0 Å². The predicted molar refractivity (Wildman–Crippen MR) is 129 cm³/mol. The zero-order valence-corrected chi connectivity index (χ0v) is 19.3. The van der Waals surface area contributed by atoms with Crippen molar-refractivity contribution < 1.29 is 14.9 Å². The van der Waals surface area contributed by atoms with Crippen LogP contribution in [-0.4, -0.2) is 28.1 Å². The number of hydrogen-bond donors (Lipinski definition) is 3. The van der Waals surface area contributed by atoms with E-state index in [1.165, 1.54) is 16.3 Å². The zero-order chi connectivity index (χ0) is 22.8. The molecule has 32 heavy (non-hydrogen) atoms. The molecule has 170 valence electrons. The van der Waals surface area contributed by atoms with Gasteiger partial charge in [0, 0.05) is 5.54 Å². The monoisotopic (exact) mass is 433 g/mol. The SMILES string of the molecule is CC(C)(Cc1ccc2ccccc2c1)N[C@](C)(O)CO[C@H](c1ccccc1CO)C1CC1. The second-order valence-corrected chi connectivity index (χ2v) is 10.1. The minimum atomic E-state index is -1.18. The lowest BCUT2D eigenvalue weighted by molar-refractivity contribution is -0.0995. The fourth-order valence-corrected chi connectivity index (χ4v) is 4.75. The largest absolute Gasteiger partial charge is 0.392 e. The molecule has 0 bridgehead atoms. The van der Waals surface area contributed by atoms with Crippen molar-refractivity contribution in [2.45, 2.75) is 64.0 Å². The highest BCUT2D eigenvalue weighted by Crippen LogP contribution is 2.44. The first-order valence-electron chi connectivity index (χ1n) is 11.6. The Kier molecular flexibility index (Phi) is 6.68. The van der Waals surface area contributed by atoms with E-state index in [0.717, 1.165) is 30.4 Å². The van der Waals surface area contributed by atoms with Gasteiger partial charge in [0.25, 0.3) is 0 Å². The van der Waals surface area contributed by atoms with E-state index in [2.05, 4.69) is 61.6 Å². The van der Waals surface area contributed by atoms with E-state index < -0.39 is 5.72 Å². The summed E-state index contributed by atoms with van der Waals surface area (Å²) in [7, 11) is 0. The van der Waals surface area contributed by atoms with E-state index in [1.54, 1.807) is 6.92 Å². The Morgan fingerprint density at radius 2 is 1.66 bits per heavy atom. The molecule has 4 rings (SSSR count). The van der Waals surface area contributed by atoms with Gasteiger partial charge in [-0.2, -0.15) is 0 Å². The summed E-state index contributed by atoms with van der Waals surface area (Å²) in [6.07, 6.45) is 2.92. The smallest absolute Gasteiger partial charge is 0.137 e. The molecule has 3 aromatic rings. The highest BCUT2D eigenvalue weighted by molar-refractivity contribution is 5.83. The van der Waals surface area contributed by atoms with Crippen LogP contribution in [0.15, 0.2) is 66.7 Å². The average molecular weight is 434 g/mol. The van der Waals surface area contributed by atoms with E-state index >= 15 is 0 Å². The van der Waals surface area contributed by atoms with Gasteiger partial charge in [-0.25, -0.2) is 0 Å². The quantitative estimate of drug-likeness (QED) is 0.389. The molecule has 0 amide bonds. The first-order valence-corrected chi connectivity index (χ1v) is 11.6. The van der Waals surface area contributed by atoms with Crippen molar-refractivity contribution in [1.82, 2.24) is 5.32 Å². The van der Waals surface area contributed by atoms with Crippen molar-refractivity contribution in [2.75, 3.05) is 6.61 Å².